The molecule has 0 aromatic heterocycles. The quantitative estimate of drug-likeness (QED) is 0.778. The van der Waals surface area contributed by atoms with Crippen LogP contribution >= 0.6 is 0 Å². The minimum absolute atomic E-state index is 0.103. The summed E-state index contributed by atoms with van der Waals surface area (Å²) in [6.07, 6.45) is 1.76. The molecule has 6 heteroatoms. The topological polar surface area (TPSA) is 81.7 Å². The number of carbonyl (C=O) groups is 2. The van der Waals surface area contributed by atoms with Crippen molar-refractivity contribution in [1.82, 2.24) is 15.5 Å². The highest BCUT2D eigenvalue weighted by molar-refractivity contribution is 5.83. The Labute approximate surface area is 124 Å². The zero-order valence-corrected chi connectivity index (χ0v) is 12.1. The van der Waals surface area contributed by atoms with Gasteiger partial charge in [0.05, 0.1) is 0 Å². The molecular formula is C15H21N3O3. The van der Waals surface area contributed by atoms with E-state index in [1.807, 2.05) is 7.05 Å². The maximum absolute atomic E-state index is 12.0. The van der Waals surface area contributed by atoms with E-state index in [9.17, 15) is 14.7 Å². The van der Waals surface area contributed by atoms with Crippen LogP contribution in [0.25, 0.3) is 0 Å². The summed E-state index contributed by atoms with van der Waals surface area (Å²) in [4.78, 5) is 25.5. The lowest BCUT2D eigenvalue weighted by molar-refractivity contribution is -0.139. The number of carboxylic acids is 1. The molecule has 1 aromatic rings. The van der Waals surface area contributed by atoms with Gasteiger partial charge in [0.2, 0.25) is 0 Å². The summed E-state index contributed by atoms with van der Waals surface area (Å²) in [5.41, 5.74) is 0.559. The third-order valence-electron chi connectivity index (χ3n) is 3.71. The lowest BCUT2D eigenvalue weighted by Gasteiger charge is -2.29. The van der Waals surface area contributed by atoms with E-state index in [0.29, 0.717) is 5.56 Å². The van der Waals surface area contributed by atoms with E-state index >= 15 is 0 Å². The Kier molecular flexibility index (Phi) is 5.16. The smallest absolute Gasteiger partial charge is 0.330 e. The van der Waals surface area contributed by atoms with E-state index in [2.05, 4.69) is 15.5 Å². The summed E-state index contributed by atoms with van der Waals surface area (Å²) in [5, 5.41) is 14.6. The van der Waals surface area contributed by atoms with Crippen LogP contribution in [0.4, 0.5) is 4.79 Å². The van der Waals surface area contributed by atoms with Crippen molar-refractivity contribution >= 4 is 12.0 Å². The molecule has 1 heterocycles. The average Bonchev–Trinajstić information content (AvgIpc) is 2.48. The number of hydrogen-bond acceptors (Lipinski definition) is 3. The SMILES string of the molecule is CN1CCC(NC(=O)N[C@H](C(=O)O)c2ccccc2)CC1. The van der Waals surface area contributed by atoms with Crippen molar-refractivity contribution in [3.05, 3.63) is 35.9 Å². The summed E-state index contributed by atoms with van der Waals surface area (Å²) >= 11 is 0. The predicted octanol–water partition coefficient (Wildman–Crippen LogP) is 1.21. The lowest BCUT2D eigenvalue weighted by atomic mass is 10.1. The van der Waals surface area contributed by atoms with Gasteiger partial charge in [0.15, 0.2) is 6.04 Å². The molecular weight excluding hydrogens is 270 g/mol. The Balaban J connectivity index is 1.91. The fourth-order valence-corrected chi connectivity index (χ4v) is 2.44. The van der Waals surface area contributed by atoms with Crippen LogP contribution in [0.5, 0.6) is 0 Å². The molecule has 1 aliphatic rings. The Morgan fingerprint density at radius 3 is 2.43 bits per heavy atom. The van der Waals surface area contributed by atoms with Crippen molar-refractivity contribution in [1.29, 1.82) is 0 Å². The number of carbonyl (C=O) groups excluding carboxylic acids is 1. The van der Waals surface area contributed by atoms with Crippen molar-refractivity contribution < 1.29 is 14.7 Å². The zero-order valence-electron chi connectivity index (χ0n) is 12.1. The van der Waals surface area contributed by atoms with Crippen LogP contribution < -0.4 is 10.6 Å². The number of amides is 2. The first-order valence-corrected chi connectivity index (χ1v) is 7.09. The molecule has 114 valence electrons. The van der Waals surface area contributed by atoms with Gasteiger partial charge in [-0.1, -0.05) is 30.3 Å². The molecule has 1 atom stereocenters. The molecule has 6 nitrogen and oxygen atoms in total. The van der Waals surface area contributed by atoms with Gasteiger partial charge in [-0.3, -0.25) is 0 Å². The zero-order chi connectivity index (χ0) is 15.2. The first kappa shape index (κ1) is 15.3. The predicted molar refractivity (Wildman–Crippen MR) is 79.0 cm³/mol. The average molecular weight is 291 g/mol. The maximum atomic E-state index is 12.0. The second-order valence-corrected chi connectivity index (χ2v) is 5.38. The van der Waals surface area contributed by atoms with Crippen molar-refractivity contribution in [2.45, 2.75) is 24.9 Å². The van der Waals surface area contributed by atoms with E-state index in [4.69, 9.17) is 0 Å². The van der Waals surface area contributed by atoms with E-state index < -0.39 is 18.0 Å². The fourth-order valence-electron chi connectivity index (χ4n) is 2.44. The first-order valence-electron chi connectivity index (χ1n) is 7.09. The Hall–Kier alpha value is -2.08. The summed E-state index contributed by atoms with van der Waals surface area (Å²) in [6, 6.07) is 7.33. The highest BCUT2D eigenvalue weighted by atomic mass is 16.4. The number of likely N-dealkylation sites (tertiary alicyclic amines) is 1. The summed E-state index contributed by atoms with van der Waals surface area (Å²) in [7, 11) is 2.05. The molecule has 0 spiro atoms. The summed E-state index contributed by atoms with van der Waals surface area (Å²) < 4.78 is 0. The molecule has 1 fully saturated rings. The molecule has 1 aliphatic heterocycles. The number of hydrogen-bond donors (Lipinski definition) is 3. The molecule has 2 rings (SSSR count). The lowest BCUT2D eigenvalue weighted by Crippen LogP contribution is -2.48. The van der Waals surface area contributed by atoms with Gasteiger partial charge in [0, 0.05) is 6.04 Å². The molecule has 0 saturated carbocycles. The minimum atomic E-state index is -1.07. The van der Waals surface area contributed by atoms with E-state index in [1.54, 1.807) is 30.3 Å². The van der Waals surface area contributed by atoms with Gasteiger partial charge in [-0.05, 0) is 38.5 Å². The highest BCUT2D eigenvalue weighted by Gasteiger charge is 2.24. The van der Waals surface area contributed by atoms with Gasteiger partial charge in [0.25, 0.3) is 0 Å². The molecule has 0 aliphatic carbocycles. The van der Waals surface area contributed by atoms with Crippen molar-refractivity contribution in [2.24, 2.45) is 0 Å². The number of aliphatic carboxylic acids is 1. The van der Waals surface area contributed by atoms with Gasteiger partial charge in [-0.2, -0.15) is 0 Å². The number of nitrogens with zero attached hydrogens (tertiary/aromatic N) is 1. The molecule has 2 amide bonds. The fraction of sp³-hybridized carbons (Fsp3) is 0.467. The molecule has 21 heavy (non-hydrogen) atoms. The van der Waals surface area contributed by atoms with Crippen LogP contribution in [0, 0.1) is 0 Å². The number of benzene rings is 1. The Morgan fingerprint density at radius 2 is 1.86 bits per heavy atom. The van der Waals surface area contributed by atoms with Gasteiger partial charge in [0.1, 0.15) is 0 Å². The number of piperidine rings is 1. The van der Waals surface area contributed by atoms with Crippen molar-refractivity contribution in [3.63, 3.8) is 0 Å². The largest absolute Gasteiger partial charge is 0.479 e. The van der Waals surface area contributed by atoms with E-state index in [1.165, 1.54) is 0 Å². The Morgan fingerprint density at radius 1 is 1.24 bits per heavy atom. The van der Waals surface area contributed by atoms with Crippen LogP contribution in [0.15, 0.2) is 30.3 Å². The number of carboxylic acid groups (broad SMARTS) is 1. The number of urea groups is 1. The molecule has 0 bridgehead atoms. The molecule has 1 aromatic carbocycles. The third-order valence-corrected chi connectivity index (χ3v) is 3.71. The Bertz CT molecular complexity index is 484. The van der Waals surface area contributed by atoms with E-state index in [-0.39, 0.29) is 6.04 Å². The summed E-state index contributed by atoms with van der Waals surface area (Å²) in [6.45, 7) is 1.87. The van der Waals surface area contributed by atoms with Gasteiger partial charge in [-0.25, -0.2) is 9.59 Å². The number of nitrogens with one attached hydrogen (secondary N) is 2. The molecule has 0 radical (unpaired) electrons. The molecule has 3 N–H and O–H groups in total. The van der Waals surface area contributed by atoms with Crippen molar-refractivity contribution in [2.75, 3.05) is 20.1 Å². The number of rotatable bonds is 4. The second kappa shape index (κ2) is 7.08. The van der Waals surface area contributed by atoms with E-state index in [0.717, 1.165) is 25.9 Å². The normalized spacial score (nSPS) is 18.0. The molecule has 1 saturated heterocycles. The minimum Gasteiger partial charge on any atom is -0.479 e. The second-order valence-electron chi connectivity index (χ2n) is 5.38. The van der Waals surface area contributed by atoms with Gasteiger partial charge in [-0.15, -0.1) is 0 Å². The first-order chi connectivity index (χ1) is 10.1. The van der Waals surface area contributed by atoms with Crippen LogP contribution in [0.2, 0.25) is 0 Å². The maximum Gasteiger partial charge on any atom is 0.330 e. The monoisotopic (exact) mass is 291 g/mol. The standard InChI is InChI=1S/C15H21N3O3/c1-18-9-7-12(8-10-18)16-15(21)17-13(14(19)20)11-5-3-2-4-6-11/h2-6,12-13H,7-10H2,1H3,(H,19,20)(H2,16,17,21)/t13-/m0/s1. The van der Waals surface area contributed by atoms with Crippen molar-refractivity contribution in [3.8, 4) is 0 Å². The van der Waals surface area contributed by atoms with Crippen LogP contribution in [-0.4, -0.2) is 48.2 Å². The van der Waals surface area contributed by atoms with Crippen LogP contribution in [0.1, 0.15) is 24.4 Å². The van der Waals surface area contributed by atoms with Gasteiger partial charge < -0.3 is 20.6 Å². The van der Waals surface area contributed by atoms with Crippen LogP contribution in [-0.2, 0) is 4.79 Å². The summed E-state index contributed by atoms with van der Waals surface area (Å²) in [5.74, 6) is -1.07. The van der Waals surface area contributed by atoms with Crippen LogP contribution in [0.3, 0.4) is 0 Å². The highest BCUT2D eigenvalue weighted by Crippen LogP contribution is 2.13. The third kappa shape index (κ3) is 4.46. The van der Waals surface area contributed by atoms with Gasteiger partial charge >= 0.3 is 12.0 Å². The molecule has 0 unspecified atom stereocenters.